The highest BCUT2D eigenvalue weighted by molar-refractivity contribution is 5.14. The number of halogens is 1. The van der Waals surface area contributed by atoms with Gasteiger partial charge in [-0.1, -0.05) is 27.7 Å². The lowest BCUT2D eigenvalue weighted by molar-refractivity contribution is 0.0123. The molecular formula is C15H25FN2O. The Kier molecular flexibility index (Phi) is 5.44. The highest BCUT2D eigenvalue weighted by Crippen LogP contribution is 2.26. The van der Waals surface area contributed by atoms with Crippen LogP contribution >= 0.6 is 0 Å². The minimum atomic E-state index is -0.377. The second kappa shape index (κ2) is 6.44. The van der Waals surface area contributed by atoms with E-state index < -0.39 is 0 Å². The van der Waals surface area contributed by atoms with Gasteiger partial charge in [-0.3, -0.25) is 4.98 Å². The van der Waals surface area contributed by atoms with Gasteiger partial charge >= 0.3 is 0 Å². The molecule has 1 aromatic heterocycles. The Balaban J connectivity index is 2.61. The molecule has 1 aromatic rings. The van der Waals surface area contributed by atoms with E-state index in [4.69, 9.17) is 0 Å². The molecule has 3 nitrogen and oxygen atoms in total. The third-order valence-electron chi connectivity index (χ3n) is 3.52. The van der Waals surface area contributed by atoms with E-state index in [0.29, 0.717) is 6.54 Å². The molecule has 0 saturated heterocycles. The number of nitrogens with zero attached hydrogens (tertiary/aromatic N) is 1. The lowest BCUT2D eigenvalue weighted by Crippen LogP contribution is -2.42. The summed E-state index contributed by atoms with van der Waals surface area (Å²) in [7, 11) is 0. The van der Waals surface area contributed by atoms with Gasteiger partial charge in [0.25, 0.3) is 0 Å². The van der Waals surface area contributed by atoms with Gasteiger partial charge in [0.05, 0.1) is 12.3 Å². The smallest absolute Gasteiger partial charge is 0.141 e. The average Bonchev–Trinajstić information content (AvgIpc) is 2.35. The number of aromatic nitrogens is 1. The number of hydrogen-bond acceptors (Lipinski definition) is 3. The number of aliphatic hydroxyl groups excluding tert-OH is 1. The molecule has 4 heteroatoms. The van der Waals surface area contributed by atoms with E-state index in [1.807, 2.05) is 34.6 Å². The van der Waals surface area contributed by atoms with Crippen molar-refractivity contribution in [1.29, 1.82) is 0 Å². The molecule has 0 aliphatic rings. The van der Waals surface area contributed by atoms with Gasteiger partial charge in [-0.15, -0.1) is 0 Å². The number of hydrogen-bond donors (Lipinski definition) is 2. The Hall–Kier alpha value is -1.00. The first-order chi connectivity index (χ1) is 8.74. The standard InChI is InChI=1S/C15H25FN2O/c1-10(2)14(19)15(4,5)9-18-11(3)12-6-13(16)8-17-7-12/h6-8,10-11,14,18-19H,9H2,1-5H3. The van der Waals surface area contributed by atoms with Gasteiger partial charge in [0.15, 0.2) is 0 Å². The second-order valence-corrected chi connectivity index (χ2v) is 6.22. The van der Waals surface area contributed by atoms with Crippen LogP contribution in [0.4, 0.5) is 4.39 Å². The third-order valence-corrected chi connectivity index (χ3v) is 3.52. The second-order valence-electron chi connectivity index (χ2n) is 6.22. The summed E-state index contributed by atoms with van der Waals surface area (Å²) in [5.41, 5.74) is 0.582. The van der Waals surface area contributed by atoms with E-state index in [9.17, 15) is 9.50 Å². The fraction of sp³-hybridized carbons (Fsp3) is 0.667. The number of pyridine rings is 1. The van der Waals surface area contributed by atoms with Gasteiger partial charge in [0, 0.05) is 24.2 Å². The largest absolute Gasteiger partial charge is 0.392 e. The predicted molar refractivity (Wildman–Crippen MR) is 75.2 cm³/mol. The molecule has 0 fully saturated rings. The number of aliphatic hydroxyl groups is 1. The van der Waals surface area contributed by atoms with Crippen molar-refractivity contribution in [2.45, 2.75) is 46.8 Å². The van der Waals surface area contributed by atoms with Crippen LogP contribution in [0.5, 0.6) is 0 Å². The Labute approximate surface area is 115 Å². The molecule has 2 atom stereocenters. The van der Waals surface area contributed by atoms with Crippen molar-refractivity contribution in [3.63, 3.8) is 0 Å². The molecule has 2 unspecified atom stereocenters. The summed E-state index contributed by atoms with van der Waals surface area (Å²) in [6, 6.07) is 1.48. The minimum absolute atomic E-state index is 0.00170. The van der Waals surface area contributed by atoms with Crippen LogP contribution in [0.2, 0.25) is 0 Å². The van der Waals surface area contributed by atoms with Crippen molar-refractivity contribution in [2.75, 3.05) is 6.54 Å². The molecule has 0 saturated carbocycles. The van der Waals surface area contributed by atoms with Crippen molar-refractivity contribution >= 4 is 0 Å². The first-order valence-electron chi connectivity index (χ1n) is 6.76. The first-order valence-corrected chi connectivity index (χ1v) is 6.76. The summed E-state index contributed by atoms with van der Waals surface area (Å²) in [5.74, 6) is -0.115. The maximum Gasteiger partial charge on any atom is 0.141 e. The Morgan fingerprint density at radius 2 is 1.95 bits per heavy atom. The first kappa shape index (κ1) is 16.1. The Morgan fingerprint density at radius 3 is 2.47 bits per heavy atom. The molecule has 0 bridgehead atoms. The van der Waals surface area contributed by atoms with Crippen molar-refractivity contribution < 1.29 is 9.50 Å². The van der Waals surface area contributed by atoms with Crippen LogP contribution in [0.1, 0.15) is 46.2 Å². The zero-order valence-corrected chi connectivity index (χ0v) is 12.4. The normalized spacial score (nSPS) is 15.6. The quantitative estimate of drug-likeness (QED) is 0.834. The van der Waals surface area contributed by atoms with Crippen LogP contribution in [0.25, 0.3) is 0 Å². The predicted octanol–water partition coefficient (Wildman–Crippen LogP) is 2.91. The van der Waals surface area contributed by atoms with Crippen LogP contribution in [-0.4, -0.2) is 22.7 Å². The van der Waals surface area contributed by atoms with Crippen LogP contribution in [0, 0.1) is 17.2 Å². The fourth-order valence-corrected chi connectivity index (χ4v) is 2.21. The van der Waals surface area contributed by atoms with E-state index >= 15 is 0 Å². The number of nitrogens with one attached hydrogen (secondary N) is 1. The molecule has 0 radical (unpaired) electrons. The molecular weight excluding hydrogens is 243 g/mol. The van der Waals surface area contributed by atoms with Crippen molar-refractivity contribution in [3.8, 4) is 0 Å². The van der Waals surface area contributed by atoms with Crippen LogP contribution in [0.15, 0.2) is 18.5 Å². The minimum Gasteiger partial charge on any atom is -0.392 e. The van der Waals surface area contributed by atoms with Crippen molar-refractivity contribution in [2.24, 2.45) is 11.3 Å². The topological polar surface area (TPSA) is 45.1 Å². The molecule has 2 N–H and O–H groups in total. The molecule has 0 spiro atoms. The maximum absolute atomic E-state index is 13.1. The number of rotatable bonds is 6. The van der Waals surface area contributed by atoms with Crippen molar-refractivity contribution in [3.05, 3.63) is 29.8 Å². The summed E-state index contributed by atoms with van der Waals surface area (Å²) in [5, 5.41) is 13.5. The summed E-state index contributed by atoms with van der Waals surface area (Å²) in [6.45, 7) is 10.7. The summed E-state index contributed by atoms with van der Waals surface area (Å²) < 4.78 is 13.1. The van der Waals surface area contributed by atoms with Gasteiger partial charge in [-0.05, 0) is 24.5 Å². The maximum atomic E-state index is 13.1. The molecule has 0 aliphatic carbocycles. The average molecular weight is 268 g/mol. The summed E-state index contributed by atoms with van der Waals surface area (Å²) in [4.78, 5) is 3.85. The van der Waals surface area contributed by atoms with Gasteiger partial charge in [0.1, 0.15) is 5.82 Å². The summed E-state index contributed by atoms with van der Waals surface area (Å²) >= 11 is 0. The highest BCUT2D eigenvalue weighted by atomic mass is 19.1. The van der Waals surface area contributed by atoms with Gasteiger partial charge in [-0.25, -0.2) is 4.39 Å². The lowest BCUT2D eigenvalue weighted by atomic mass is 9.80. The fourth-order valence-electron chi connectivity index (χ4n) is 2.21. The zero-order valence-electron chi connectivity index (χ0n) is 12.4. The third kappa shape index (κ3) is 4.55. The molecule has 0 amide bonds. The van der Waals surface area contributed by atoms with E-state index in [1.54, 1.807) is 6.20 Å². The van der Waals surface area contributed by atoms with Crippen molar-refractivity contribution in [1.82, 2.24) is 10.3 Å². The SMILES string of the molecule is CC(NCC(C)(C)C(O)C(C)C)c1cncc(F)c1. The molecule has 0 aliphatic heterocycles. The molecule has 0 aromatic carbocycles. The Morgan fingerprint density at radius 1 is 1.32 bits per heavy atom. The van der Waals surface area contributed by atoms with Gasteiger partial charge < -0.3 is 10.4 Å². The molecule has 19 heavy (non-hydrogen) atoms. The summed E-state index contributed by atoms with van der Waals surface area (Å²) in [6.07, 6.45) is 2.48. The van der Waals surface area contributed by atoms with Crippen LogP contribution in [0.3, 0.4) is 0 Å². The molecule has 1 heterocycles. The van der Waals surface area contributed by atoms with Crippen LogP contribution < -0.4 is 5.32 Å². The Bertz CT molecular complexity index is 407. The van der Waals surface area contributed by atoms with Gasteiger partial charge in [-0.2, -0.15) is 0 Å². The highest BCUT2D eigenvalue weighted by Gasteiger charge is 2.30. The van der Waals surface area contributed by atoms with Crippen LogP contribution in [-0.2, 0) is 0 Å². The van der Waals surface area contributed by atoms with E-state index in [0.717, 1.165) is 5.56 Å². The lowest BCUT2D eigenvalue weighted by Gasteiger charge is -2.34. The monoisotopic (exact) mass is 268 g/mol. The molecule has 108 valence electrons. The van der Waals surface area contributed by atoms with Gasteiger partial charge in [0.2, 0.25) is 0 Å². The van der Waals surface area contributed by atoms with E-state index in [-0.39, 0.29) is 29.3 Å². The van der Waals surface area contributed by atoms with E-state index in [2.05, 4.69) is 10.3 Å². The zero-order chi connectivity index (χ0) is 14.6. The molecule has 1 rings (SSSR count). The van der Waals surface area contributed by atoms with E-state index in [1.165, 1.54) is 12.3 Å².